The van der Waals surface area contributed by atoms with Gasteiger partial charge in [-0.3, -0.25) is 0 Å². The number of hydrogen-bond acceptors (Lipinski definition) is 2. The van der Waals surface area contributed by atoms with E-state index in [1.54, 1.807) is 0 Å². The summed E-state index contributed by atoms with van der Waals surface area (Å²) >= 11 is 0. The van der Waals surface area contributed by atoms with E-state index >= 15 is 0 Å². The lowest BCUT2D eigenvalue weighted by Crippen LogP contribution is -2.27. The van der Waals surface area contributed by atoms with Crippen molar-refractivity contribution < 1.29 is 18.3 Å². The lowest BCUT2D eigenvalue weighted by Gasteiger charge is -2.29. The fourth-order valence-corrected chi connectivity index (χ4v) is 2.00. The van der Waals surface area contributed by atoms with Crippen LogP contribution in [-0.4, -0.2) is 13.2 Å². The third-order valence-corrected chi connectivity index (χ3v) is 2.90. The normalized spacial score (nSPS) is 24.9. The van der Waals surface area contributed by atoms with Crippen LogP contribution in [0.25, 0.3) is 0 Å². The molecule has 0 aliphatic carbocycles. The van der Waals surface area contributed by atoms with Crippen molar-refractivity contribution in [1.29, 1.82) is 0 Å². The van der Waals surface area contributed by atoms with Gasteiger partial charge in [0.15, 0.2) is 17.9 Å². The van der Waals surface area contributed by atoms with Crippen LogP contribution in [0.15, 0.2) is 18.2 Å². The Morgan fingerprint density at radius 3 is 2.59 bits per heavy atom. The average molecular weight is 242 g/mol. The van der Waals surface area contributed by atoms with Gasteiger partial charge >= 0.3 is 0 Å². The van der Waals surface area contributed by atoms with Gasteiger partial charge in [0.25, 0.3) is 0 Å². The van der Waals surface area contributed by atoms with E-state index in [9.17, 15) is 8.78 Å². The highest BCUT2D eigenvalue weighted by Crippen LogP contribution is 2.29. The van der Waals surface area contributed by atoms with Crippen molar-refractivity contribution in [3.8, 4) is 0 Å². The highest BCUT2D eigenvalue weighted by Gasteiger charge is 2.26. The van der Waals surface area contributed by atoms with Gasteiger partial charge in [-0.25, -0.2) is 8.78 Å². The van der Waals surface area contributed by atoms with Crippen LogP contribution in [0, 0.1) is 17.6 Å². The largest absolute Gasteiger partial charge is 0.348 e. The predicted octanol–water partition coefficient (Wildman–Crippen LogP) is 3.43. The van der Waals surface area contributed by atoms with Crippen molar-refractivity contribution >= 4 is 0 Å². The van der Waals surface area contributed by atoms with E-state index in [0.717, 1.165) is 18.9 Å². The van der Waals surface area contributed by atoms with Gasteiger partial charge in [0.2, 0.25) is 0 Å². The highest BCUT2D eigenvalue weighted by atomic mass is 19.2. The Bertz CT molecular complexity index is 374. The molecule has 1 aromatic carbocycles. The van der Waals surface area contributed by atoms with Gasteiger partial charge in [0, 0.05) is 11.5 Å². The molecular weight excluding hydrogens is 226 g/mol. The molecule has 0 unspecified atom stereocenters. The molecule has 0 bridgehead atoms. The molecule has 0 atom stereocenters. The summed E-state index contributed by atoms with van der Waals surface area (Å²) in [6, 6.07) is 4.03. The minimum absolute atomic E-state index is 0.139. The molecule has 4 heteroatoms. The minimum Gasteiger partial charge on any atom is -0.348 e. The van der Waals surface area contributed by atoms with E-state index in [1.807, 2.05) is 0 Å². The number of hydrogen-bond donors (Lipinski definition) is 0. The Morgan fingerprint density at radius 2 is 1.94 bits per heavy atom. The zero-order valence-corrected chi connectivity index (χ0v) is 9.79. The Kier molecular flexibility index (Phi) is 4.07. The fourth-order valence-electron chi connectivity index (χ4n) is 2.00. The van der Waals surface area contributed by atoms with Crippen molar-refractivity contribution in [2.24, 2.45) is 5.92 Å². The first-order valence-corrected chi connectivity index (χ1v) is 5.89. The first kappa shape index (κ1) is 12.5. The van der Waals surface area contributed by atoms with Gasteiger partial charge in [-0.05, 0) is 12.5 Å². The van der Waals surface area contributed by atoms with Crippen molar-refractivity contribution in [3.63, 3.8) is 0 Å². The van der Waals surface area contributed by atoms with Crippen LogP contribution in [0.1, 0.15) is 31.6 Å². The molecule has 94 valence electrons. The van der Waals surface area contributed by atoms with Gasteiger partial charge in [0.1, 0.15) is 0 Å². The number of rotatable bonds is 3. The zero-order chi connectivity index (χ0) is 12.3. The zero-order valence-electron chi connectivity index (χ0n) is 9.79. The summed E-state index contributed by atoms with van der Waals surface area (Å²) in [7, 11) is 0. The first-order chi connectivity index (χ1) is 8.22. The lowest BCUT2D eigenvalue weighted by atomic mass is 10.1. The molecule has 0 amide bonds. The van der Waals surface area contributed by atoms with E-state index in [0.29, 0.717) is 19.1 Å². The molecule has 0 spiro atoms. The maximum Gasteiger partial charge on any atom is 0.186 e. The lowest BCUT2D eigenvalue weighted by molar-refractivity contribution is -0.207. The second kappa shape index (κ2) is 5.56. The number of halogens is 2. The molecule has 1 fully saturated rings. The van der Waals surface area contributed by atoms with E-state index < -0.39 is 17.9 Å². The van der Waals surface area contributed by atoms with Crippen molar-refractivity contribution in [2.45, 2.75) is 26.1 Å². The molecule has 0 radical (unpaired) electrons. The molecule has 2 rings (SSSR count). The molecule has 1 aliphatic heterocycles. The van der Waals surface area contributed by atoms with E-state index in [2.05, 4.69) is 6.92 Å². The van der Waals surface area contributed by atoms with Crippen LogP contribution in [0.5, 0.6) is 0 Å². The second-order valence-corrected chi connectivity index (χ2v) is 4.30. The van der Waals surface area contributed by atoms with Crippen molar-refractivity contribution in [1.82, 2.24) is 0 Å². The molecule has 1 saturated heterocycles. The van der Waals surface area contributed by atoms with Crippen LogP contribution < -0.4 is 0 Å². The molecule has 17 heavy (non-hydrogen) atoms. The fraction of sp³-hybridized carbons (Fsp3) is 0.538. The first-order valence-electron chi connectivity index (χ1n) is 5.89. The van der Waals surface area contributed by atoms with E-state index in [4.69, 9.17) is 9.47 Å². The van der Waals surface area contributed by atoms with Crippen LogP contribution in [0.2, 0.25) is 0 Å². The topological polar surface area (TPSA) is 18.5 Å². The van der Waals surface area contributed by atoms with Gasteiger partial charge in [-0.2, -0.15) is 0 Å². The summed E-state index contributed by atoms with van der Waals surface area (Å²) in [5, 5.41) is 0. The SMILES string of the molecule is CCCC1COC(c2cccc(F)c2F)OC1. The van der Waals surface area contributed by atoms with Gasteiger partial charge in [-0.1, -0.05) is 25.5 Å². The molecule has 1 aliphatic rings. The van der Waals surface area contributed by atoms with E-state index in [-0.39, 0.29) is 5.56 Å². The Balaban J connectivity index is 2.03. The molecule has 1 heterocycles. The Labute approximate surface area is 99.5 Å². The molecular formula is C13H16F2O2. The van der Waals surface area contributed by atoms with Crippen molar-refractivity contribution in [2.75, 3.05) is 13.2 Å². The number of benzene rings is 1. The standard InChI is InChI=1S/C13H16F2O2/c1-2-4-9-7-16-13(17-8-9)10-5-3-6-11(14)12(10)15/h3,5-6,9,13H,2,4,7-8H2,1H3. The maximum absolute atomic E-state index is 13.5. The summed E-state index contributed by atoms with van der Waals surface area (Å²) < 4.78 is 37.4. The summed E-state index contributed by atoms with van der Waals surface area (Å²) in [6.45, 7) is 3.17. The quantitative estimate of drug-likeness (QED) is 0.808. The van der Waals surface area contributed by atoms with Crippen LogP contribution >= 0.6 is 0 Å². The molecule has 0 N–H and O–H groups in total. The molecule has 1 aromatic rings. The predicted molar refractivity (Wildman–Crippen MR) is 59.4 cm³/mol. The summed E-state index contributed by atoms with van der Waals surface area (Å²) in [5.41, 5.74) is 0.139. The maximum atomic E-state index is 13.5. The molecule has 2 nitrogen and oxygen atoms in total. The summed E-state index contributed by atoms with van der Waals surface area (Å²) in [4.78, 5) is 0. The van der Waals surface area contributed by atoms with Crippen molar-refractivity contribution in [3.05, 3.63) is 35.4 Å². The van der Waals surface area contributed by atoms with Crippen LogP contribution in [-0.2, 0) is 9.47 Å². The Morgan fingerprint density at radius 1 is 1.24 bits per heavy atom. The smallest absolute Gasteiger partial charge is 0.186 e. The van der Waals surface area contributed by atoms with E-state index in [1.165, 1.54) is 12.1 Å². The third-order valence-electron chi connectivity index (χ3n) is 2.90. The summed E-state index contributed by atoms with van der Waals surface area (Å²) in [5.74, 6) is -1.40. The third kappa shape index (κ3) is 2.82. The van der Waals surface area contributed by atoms with Crippen LogP contribution in [0.3, 0.4) is 0 Å². The molecule has 0 saturated carbocycles. The molecule has 0 aromatic heterocycles. The van der Waals surface area contributed by atoms with Gasteiger partial charge in [-0.15, -0.1) is 0 Å². The monoisotopic (exact) mass is 242 g/mol. The second-order valence-electron chi connectivity index (χ2n) is 4.30. The Hall–Kier alpha value is -1.00. The van der Waals surface area contributed by atoms with Gasteiger partial charge in [0.05, 0.1) is 13.2 Å². The number of ether oxygens (including phenoxy) is 2. The van der Waals surface area contributed by atoms with Gasteiger partial charge < -0.3 is 9.47 Å². The summed E-state index contributed by atoms with van der Waals surface area (Å²) in [6.07, 6.45) is 1.31. The minimum atomic E-state index is -0.883. The van der Waals surface area contributed by atoms with Crippen LogP contribution in [0.4, 0.5) is 8.78 Å². The average Bonchev–Trinajstić information content (AvgIpc) is 2.34. The highest BCUT2D eigenvalue weighted by molar-refractivity contribution is 5.20.